The number of pyridine rings is 2. The van der Waals surface area contributed by atoms with Crippen molar-refractivity contribution in [1.29, 1.82) is 0 Å². The van der Waals surface area contributed by atoms with Crippen LogP contribution >= 0.6 is 11.3 Å². The van der Waals surface area contributed by atoms with Crippen LogP contribution in [0.4, 0.5) is 23.2 Å². The number of ether oxygens (including phenoxy) is 1. The predicted octanol–water partition coefficient (Wildman–Crippen LogP) is 4.27. The molecule has 3 aromatic heterocycles. The van der Waals surface area contributed by atoms with Gasteiger partial charge in [0.25, 0.3) is 11.5 Å². The highest BCUT2D eigenvalue weighted by Gasteiger charge is 2.31. The van der Waals surface area contributed by atoms with Gasteiger partial charge in [-0.25, -0.2) is 4.39 Å². The standard InChI is InChI=1S/C27H24F4N6O4S/c28-20-7-4-10-32-21(20)16-33-25(40)26-36-35-23(42-26)8-1-2-11-37-12-9-18(15-24(37)39)34-22(38)14-17-5-3-6-19(13-17)41-27(29,30)31/h3-7,9-10,12-13,15H,1-2,8,11,14,16H2,(H,33,40)(H,34,38). The van der Waals surface area contributed by atoms with Crippen LogP contribution in [0.1, 0.15) is 38.9 Å². The van der Waals surface area contributed by atoms with Crippen LogP contribution in [0.2, 0.25) is 0 Å². The second-order valence-corrected chi connectivity index (χ2v) is 10.0. The Labute approximate surface area is 240 Å². The quantitative estimate of drug-likeness (QED) is 0.183. The van der Waals surface area contributed by atoms with Crippen molar-refractivity contribution in [1.82, 2.24) is 25.1 Å². The Bertz CT molecular complexity index is 1610. The molecule has 0 aliphatic rings. The zero-order valence-electron chi connectivity index (χ0n) is 21.9. The smallest absolute Gasteiger partial charge is 0.406 e. The average molecular weight is 605 g/mol. The van der Waals surface area contributed by atoms with Crippen molar-refractivity contribution < 1.29 is 31.9 Å². The van der Waals surface area contributed by atoms with E-state index in [-0.39, 0.29) is 34.9 Å². The zero-order valence-corrected chi connectivity index (χ0v) is 22.7. The minimum absolute atomic E-state index is 0.0771. The molecule has 0 radical (unpaired) electrons. The van der Waals surface area contributed by atoms with E-state index in [4.69, 9.17) is 0 Å². The van der Waals surface area contributed by atoms with Gasteiger partial charge in [-0.15, -0.1) is 23.4 Å². The molecule has 0 spiro atoms. The number of alkyl halides is 3. The van der Waals surface area contributed by atoms with Crippen molar-refractivity contribution in [2.45, 2.75) is 45.1 Å². The summed E-state index contributed by atoms with van der Waals surface area (Å²) < 4.78 is 56.2. The van der Waals surface area contributed by atoms with Gasteiger partial charge in [0, 0.05) is 37.1 Å². The molecule has 0 bridgehead atoms. The summed E-state index contributed by atoms with van der Waals surface area (Å²) in [5.74, 6) is -1.93. The summed E-state index contributed by atoms with van der Waals surface area (Å²) in [6.07, 6.45) is -0.252. The van der Waals surface area contributed by atoms with Crippen molar-refractivity contribution in [3.63, 3.8) is 0 Å². The Balaban J connectivity index is 1.20. The molecule has 4 aromatic rings. The molecule has 0 unspecified atom stereocenters. The van der Waals surface area contributed by atoms with E-state index in [9.17, 15) is 31.9 Å². The van der Waals surface area contributed by atoms with Gasteiger partial charge in [-0.1, -0.05) is 23.5 Å². The molecule has 2 amide bonds. The Kier molecular flexibility index (Phi) is 9.96. The molecule has 4 rings (SSSR count). The van der Waals surface area contributed by atoms with Crippen molar-refractivity contribution in [3.8, 4) is 5.75 Å². The van der Waals surface area contributed by atoms with Crippen molar-refractivity contribution >= 4 is 28.8 Å². The molecule has 0 aliphatic heterocycles. The Hall–Kier alpha value is -4.66. The minimum Gasteiger partial charge on any atom is -0.406 e. The molecule has 2 N–H and O–H groups in total. The molecule has 10 nitrogen and oxygen atoms in total. The maximum atomic E-state index is 13.7. The van der Waals surface area contributed by atoms with Gasteiger partial charge in [-0.05, 0) is 48.7 Å². The number of hydrogen-bond acceptors (Lipinski definition) is 8. The summed E-state index contributed by atoms with van der Waals surface area (Å²) >= 11 is 1.13. The number of carbonyl (C=O) groups excluding carboxylic acids is 2. The van der Waals surface area contributed by atoms with E-state index in [0.29, 0.717) is 36.4 Å². The first kappa shape index (κ1) is 30.3. The van der Waals surface area contributed by atoms with Crippen molar-refractivity contribution in [2.75, 3.05) is 5.32 Å². The van der Waals surface area contributed by atoms with E-state index in [1.807, 2.05) is 0 Å². The molecule has 15 heteroatoms. The van der Waals surface area contributed by atoms with Gasteiger partial charge >= 0.3 is 6.36 Å². The maximum absolute atomic E-state index is 13.7. The third-order valence-electron chi connectivity index (χ3n) is 5.73. The first-order chi connectivity index (χ1) is 20.1. The minimum atomic E-state index is -4.84. The molecular formula is C27H24F4N6O4S. The number of amides is 2. The van der Waals surface area contributed by atoms with Crippen LogP contribution in [-0.2, 0) is 30.7 Å². The second-order valence-electron chi connectivity index (χ2n) is 8.94. The molecule has 3 heterocycles. The molecular weight excluding hydrogens is 580 g/mol. The number of halogens is 4. The highest BCUT2D eigenvalue weighted by atomic mass is 32.1. The van der Waals surface area contributed by atoms with Gasteiger partial charge in [0.2, 0.25) is 10.9 Å². The third kappa shape index (κ3) is 9.19. The van der Waals surface area contributed by atoms with Gasteiger partial charge in [0.1, 0.15) is 16.6 Å². The monoisotopic (exact) mass is 604 g/mol. The van der Waals surface area contributed by atoms with Crippen LogP contribution < -0.4 is 20.9 Å². The highest BCUT2D eigenvalue weighted by Crippen LogP contribution is 2.23. The van der Waals surface area contributed by atoms with Crippen molar-refractivity contribution in [2.24, 2.45) is 0 Å². The predicted molar refractivity (Wildman–Crippen MR) is 144 cm³/mol. The SMILES string of the molecule is O=C(Cc1cccc(OC(F)(F)F)c1)Nc1ccn(CCCCc2nnc(C(=O)NCc3ncccc3F)s2)c(=O)c1. The molecule has 0 saturated heterocycles. The number of carbonyl (C=O) groups is 2. The summed E-state index contributed by atoms with van der Waals surface area (Å²) in [7, 11) is 0. The first-order valence-electron chi connectivity index (χ1n) is 12.6. The lowest BCUT2D eigenvalue weighted by molar-refractivity contribution is -0.274. The van der Waals surface area contributed by atoms with Crippen LogP contribution in [0.15, 0.2) is 65.7 Å². The normalized spacial score (nSPS) is 11.2. The van der Waals surface area contributed by atoms with Crippen LogP contribution in [0.3, 0.4) is 0 Å². The van der Waals surface area contributed by atoms with Crippen LogP contribution in [0.5, 0.6) is 5.75 Å². The summed E-state index contributed by atoms with van der Waals surface area (Å²) in [4.78, 5) is 41.0. The lowest BCUT2D eigenvalue weighted by Crippen LogP contribution is -2.23. The van der Waals surface area contributed by atoms with Crippen molar-refractivity contribution in [3.05, 3.63) is 98.4 Å². The highest BCUT2D eigenvalue weighted by molar-refractivity contribution is 7.13. The maximum Gasteiger partial charge on any atom is 0.573 e. The third-order valence-corrected chi connectivity index (χ3v) is 6.71. The number of benzene rings is 1. The lowest BCUT2D eigenvalue weighted by Gasteiger charge is -2.11. The van der Waals surface area contributed by atoms with Crippen LogP contribution in [0, 0.1) is 5.82 Å². The fourth-order valence-electron chi connectivity index (χ4n) is 3.81. The fraction of sp³-hybridized carbons (Fsp3) is 0.259. The van der Waals surface area contributed by atoms with Crippen LogP contribution in [-0.4, -0.2) is 37.9 Å². The molecule has 0 atom stereocenters. The number of nitrogens with zero attached hydrogens (tertiary/aromatic N) is 4. The summed E-state index contributed by atoms with van der Waals surface area (Å²) in [5, 5.41) is 13.8. The van der Waals surface area contributed by atoms with E-state index in [2.05, 4.69) is 30.6 Å². The van der Waals surface area contributed by atoms with E-state index in [1.54, 1.807) is 6.07 Å². The van der Waals surface area contributed by atoms with E-state index in [0.717, 1.165) is 23.5 Å². The number of hydrogen-bond donors (Lipinski definition) is 2. The number of unbranched alkanes of at least 4 members (excludes halogenated alkanes) is 1. The number of aryl methyl sites for hydroxylation is 2. The summed E-state index contributed by atoms with van der Waals surface area (Å²) in [5.41, 5.74) is 0.345. The fourth-order valence-corrected chi connectivity index (χ4v) is 4.60. The number of rotatable bonds is 12. The molecule has 0 fully saturated rings. The number of nitrogens with one attached hydrogen (secondary N) is 2. The van der Waals surface area contributed by atoms with Crippen LogP contribution in [0.25, 0.3) is 0 Å². The zero-order chi connectivity index (χ0) is 30.1. The molecule has 0 saturated carbocycles. The molecule has 42 heavy (non-hydrogen) atoms. The molecule has 220 valence electrons. The Morgan fingerprint density at radius 2 is 1.88 bits per heavy atom. The van der Waals surface area contributed by atoms with E-state index >= 15 is 0 Å². The lowest BCUT2D eigenvalue weighted by atomic mass is 10.1. The molecule has 1 aromatic carbocycles. The summed E-state index contributed by atoms with van der Waals surface area (Å²) in [6.45, 7) is 0.327. The largest absolute Gasteiger partial charge is 0.573 e. The number of anilines is 1. The Morgan fingerprint density at radius 3 is 2.64 bits per heavy atom. The van der Waals surface area contributed by atoms with Gasteiger partial charge in [0.15, 0.2) is 0 Å². The second kappa shape index (κ2) is 13.8. The van der Waals surface area contributed by atoms with E-state index < -0.39 is 29.7 Å². The Morgan fingerprint density at radius 1 is 1.05 bits per heavy atom. The van der Waals surface area contributed by atoms with Gasteiger partial charge in [0.05, 0.1) is 18.7 Å². The van der Waals surface area contributed by atoms with E-state index in [1.165, 1.54) is 47.3 Å². The number of aromatic nitrogens is 4. The average Bonchev–Trinajstić information content (AvgIpc) is 3.40. The first-order valence-corrected chi connectivity index (χ1v) is 13.4. The van der Waals surface area contributed by atoms with Gasteiger partial charge in [-0.3, -0.25) is 19.4 Å². The summed E-state index contributed by atoms with van der Waals surface area (Å²) in [6, 6.07) is 10.6. The topological polar surface area (TPSA) is 128 Å². The molecule has 0 aliphatic carbocycles. The van der Waals surface area contributed by atoms with Gasteiger partial charge < -0.3 is 19.9 Å². The van der Waals surface area contributed by atoms with Gasteiger partial charge in [-0.2, -0.15) is 0 Å².